The van der Waals surface area contributed by atoms with Crippen LogP contribution in [0.2, 0.25) is 0 Å². The zero-order chi connectivity index (χ0) is 18.0. The number of carbonyl (C=O) groups is 1. The van der Waals surface area contributed by atoms with E-state index in [9.17, 15) is 4.79 Å². The number of likely N-dealkylation sites (tertiary alicyclic amines) is 1. The molecule has 2 aromatic heterocycles. The van der Waals surface area contributed by atoms with Crippen LogP contribution in [0.15, 0.2) is 18.3 Å². The van der Waals surface area contributed by atoms with Gasteiger partial charge in [0, 0.05) is 37.5 Å². The van der Waals surface area contributed by atoms with Crippen LogP contribution in [-0.2, 0) is 12.5 Å². The van der Waals surface area contributed by atoms with Crippen molar-refractivity contribution >= 4 is 5.91 Å². The van der Waals surface area contributed by atoms with Gasteiger partial charge in [-0.15, -0.1) is 10.2 Å². The third-order valence-electron chi connectivity index (χ3n) is 4.27. The van der Waals surface area contributed by atoms with E-state index in [0.29, 0.717) is 31.3 Å². The van der Waals surface area contributed by atoms with Crippen molar-refractivity contribution in [3.8, 4) is 5.88 Å². The van der Waals surface area contributed by atoms with Crippen molar-refractivity contribution in [1.82, 2.24) is 30.1 Å². The van der Waals surface area contributed by atoms with Gasteiger partial charge >= 0.3 is 0 Å². The minimum absolute atomic E-state index is 0.0296. The Balaban J connectivity index is 1.51. The SMILES string of the molecule is Cn1cc(C(=O)N2CCC(COc3ccc(C(C)(C)C)nn3)C2)nn1. The molecule has 1 amide bonds. The molecule has 8 nitrogen and oxygen atoms in total. The second-order valence-corrected chi connectivity index (χ2v) is 7.50. The average molecular weight is 344 g/mol. The molecule has 3 heterocycles. The van der Waals surface area contributed by atoms with E-state index < -0.39 is 0 Å². The van der Waals surface area contributed by atoms with Crippen LogP contribution < -0.4 is 4.74 Å². The van der Waals surface area contributed by atoms with Gasteiger partial charge in [0.1, 0.15) is 0 Å². The predicted molar refractivity (Wildman–Crippen MR) is 91.2 cm³/mol. The fourth-order valence-electron chi connectivity index (χ4n) is 2.76. The molecule has 1 aliphatic heterocycles. The van der Waals surface area contributed by atoms with Crippen LogP contribution in [0.5, 0.6) is 5.88 Å². The summed E-state index contributed by atoms with van der Waals surface area (Å²) in [5.41, 5.74) is 1.28. The first-order chi connectivity index (χ1) is 11.8. The highest BCUT2D eigenvalue weighted by atomic mass is 16.5. The van der Waals surface area contributed by atoms with Crippen LogP contribution in [0.1, 0.15) is 43.4 Å². The molecule has 1 fully saturated rings. The molecule has 1 atom stereocenters. The summed E-state index contributed by atoms with van der Waals surface area (Å²) in [6, 6.07) is 3.80. The number of hydrogen-bond donors (Lipinski definition) is 0. The molecule has 1 unspecified atom stereocenters. The van der Waals surface area contributed by atoms with E-state index in [0.717, 1.165) is 12.1 Å². The van der Waals surface area contributed by atoms with Gasteiger partial charge < -0.3 is 9.64 Å². The molecular weight excluding hydrogens is 320 g/mol. The summed E-state index contributed by atoms with van der Waals surface area (Å²) in [6.07, 6.45) is 2.54. The Hall–Kier alpha value is -2.51. The molecule has 3 rings (SSSR count). The van der Waals surface area contributed by atoms with Crippen LogP contribution in [0.3, 0.4) is 0 Å². The van der Waals surface area contributed by atoms with Crippen LogP contribution in [0.25, 0.3) is 0 Å². The fourth-order valence-corrected chi connectivity index (χ4v) is 2.76. The molecule has 0 spiro atoms. The maximum absolute atomic E-state index is 12.4. The number of amides is 1. The second-order valence-electron chi connectivity index (χ2n) is 7.50. The van der Waals surface area contributed by atoms with E-state index in [1.165, 1.54) is 4.68 Å². The van der Waals surface area contributed by atoms with Gasteiger partial charge in [-0.2, -0.15) is 5.10 Å². The van der Waals surface area contributed by atoms with E-state index in [-0.39, 0.29) is 17.2 Å². The predicted octanol–water partition coefficient (Wildman–Crippen LogP) is 1.44. The first-order valence-electron chi connectivity index (χ1n) is 8.45. The van der Waals surface area contributed by atoms with E-state index >= 15 is 0 Å². The maximum Gasteiger partial charge on any atom is 0.276 e. The van der Waals surface area contributed by atoms with Crippen molar-refractivity contribution < 1.29 is 9.53 Å². The molecular formula is C17H24N6O2. The number of hydrogen-bond acceptors (Lipinski definition) is 6. The van der Waals surface area contributed by atoms with Crippen molar-refractivity contribution in [2.75, 3.05) is 19.7 Å². The summed E-state index contributed by atoms with van der Waals surface area (Å²) in [7, 11) is 1.75. The standard InChI is InChI=1S/C17H24N6O2/c1-17(2,3)14-5-6-15(20-19-14)25-11-12-7-8-23(9-12)16(24)13-10-22(4)21-18-13/h5-6,10,12H,7-9,11H2,1-4H3. The van der Waals surface area contributed by atoms with Crippen LogP contribution in [0, 0.1) is 5.92 Å². The number of aryl methyl sites for hydroxylation is 1. The van der Waals surface area contributed by atoms with Gasteiger partial charge in [0.25, 0.3) is 5.91 Å². The summed E-state index contributed by atoms with van der Waals surface area (Å²) < 4.78 is 7.28. The Kier molecular flexibility index (Phi) is 4.69. The quantitative estimate of drug-likeness (QED) is 0.834. The van der Waals surface area contributed by atoms with Crippen molar-refractivity contribution in [2.24, 2.45) is 13.0 Å². The molecule has 25 heavy (non-hydrogen) atoms. The van der Waals surface area contributed by atoms with E-state index in [4.69, 9.17) is 4.74 Å². The van der Waals surface area contributed by atoms with Gasteiger partial charge in [0.05, 0.1) is 18.5 Å². The topological polar surface area (TPSA) is 86.0 Å². The molecule has 1 saturated heterocycles. The zero-order valence-corrected chi connectivity index (χ0v) is 15.1. The van der Waals surface area contributed by atoms with E-state index in [2.05, 4.69) is 41.3 Å². The Morgan fingerprint density at radius 1 is 1.28 bits per heavy atom. The summed E-state index contributed by atoms with van der Waals surface area (Å²) in [5, 5.41) is 16.0. The van der Waals surface area contributed by atoms with Crippen molar-refractivity contribution in [1.29, 1.82) is 0 Å². The summed E-state index contributed by atoms with van der Waals surface area (Å²) in [4.78, 5) is 14.2. The Morgan fingerprint density at radius 3 is 2.68 bits per heavy atom. The number of rotatable bonds is 4. The van der Waals surface area contributed by atoms with Gasteiger partial charge in [-0.05, 0) is 12.5 Å². The lowest BCUT2D eigenvalue weighted by Crippen LogP contribution is -2.29. The van der Waals surface area contributed by atoms with Gasteiger partial charge in [0.15, 0.2) is 5.69 Å². The van der Waals surface area contributed by atoms with E-state index in [1.54, 1.807) is 18.1 Å². The molecule has 0 saturated carbocycles. The third-order valence-corrected chi connectivity index (χ3v) is 4.27. The summed E-state index contributed by atoms with van der Waals surface area (Å²) >= 11 is 0. The van der Waals surface area contributed by atoms with Crippen LogP contribution in [-0.4, -0.2) is 55.7 Å². The van der Waals surface area contributed by atoms with E-state index in [1.807, 2.05) is 12.1 Å². The minimum atomic E-state index is -0.0788. The second kappa shape index (κ2) is 6.78. The molecule has 0 radical (unpaired) electrons. The lowest BCUT2D eigenvalue weighted by Gasteiger charge is -2.17. The monoisotopic (exact) mass is 344 g/mol. The Morgan fingerprint density at radius 2 is 2.08 bits per heavy atom. The maximum atomic E-state index is 12.4. The molecule has 0 aromatic carbocycles. The Bertz CT molecular complexity index is 734. The molecule has 2 aromatic rings. The van der Waals surface area contributed by atoms with Gasteiger partial charge in [-0.1, -0.05) is 26.0 Å². The highest BCUT2D eigenvalue weighted by Gasteiger charge is 2.29. The van der Waals surface area contributed by atoms with Crippen molar-refractivity contribution in [3.05, 3.63) is 29.7 Å². The smallest absolute Gasteiger partial charge is 0.276 e. The van der Waals surface area contributed by atoms with Gasteiger partial charge in [-0.25, -0.2) is 0 Å². The minimum Gasteiger partial charge on any atom is -0.476 e. The average Bonchev–Trinajstić information content (AvgIpc) is 3.21. The first kappa shape index (κ1) is 17.3. The lowest BCUT2D eigenvalue weighted by molar-refractivity contribution is 0.0777. The highest BCUT2D eigenvalue weighted by Crippen LogP contribution is 2.22. The number of nitrogens with zero attached hydrogens (tertiary/aromatic N) is 6. The number of ether oxygens (including phenoxy) is 1. The molecule has 0 N–H and O–H groups in total. The highest BCUT2D eigenvalue weighted by molar-refractivity contribution is 5.92. The molecule has 0 bridgehead atoms. The molecule has 0 aliphatic carbocycles. The lowest BCUT2D eigenvalue weighted by atomic mass is 9.92. The van der Waals surface area contributed by atoms with Crippen LogP contribution in [0.4, 0.5) is 0 Å². The van der Waals surface area contributed by atoms with Gasteiger partial charge in [-0.3, -0.25) is 9.48 Å². The van der Waals surface area contributed by atoms with Gasteiger partial charge in [0.2, 0.25) is 5.88 Å². The molecule has 8 heteroatoms. The third kappa shape index (κ3) is 4.12. The van der Waals surface area contributed by atoms with Crippen molar-refractivity contribution in [2.45, 2.75) is 32.6 Å². The number of carbonyl (C=O) groups excluding carboxylic acids is 1. The molecule has 134 valence electrons. The normalized spacial score (nSPS) is 17.8. The largest absolute Gasteiger partial charge is 0.476 e. The molecule has 1 aliphatic rings. The Labute approximate surface area is 147 Å². The summed E-state index contributed by atoms with van der Waals surface area (Å²) in [5.74, 6) is 0.723. The van der Waals surface area contributed by atoms with Crippen LogP contribution >= 0.6 is 0 Å². The zero-order valence-electron chi connectivity index (χ0n) is 15.1. The number of aromatic nitrogens is 5. The summed E-state index contributed by atoms with van der Waals surface area (Å²) in [6.45, 7) is 8.17. The van der Waals surface area contributed by atoms with Crippen molar-refractivity contribution in [3.63, 3.8) is 0 Å². The fraction of sp³-hybridized carbons (Fsp3) is 0.588. The first-order valence-corrected chi connectivity index (χ1v) is 8.45.